The van der Waals surface area contributed by atoms with Gasteiger partial charge in [0.05, 0.1) is 17.6 Å². The normalized spacial score (nSPS) is 11.0. The van der Waals surface area contributed by atoms with Gasteiger partial charge in [-0.2, -0.15) is 0 Å². The summed E-state index contributed by atoms with van der Waals surface area (Å²) in [7, 11) is 0. The minimum Gasteiger partial charge on any atom is -0.298 e. The van der Waals surface area contributed by atoms with E-state index in [4.69, 9.17) is 11.6 Å². The van der Waals surface area contributed by atoms with E-state index in [0.29, 0.717) is 0 Å². The highest BCUT2D eigenvalue weighted by molar-refractivity contribution is 6.28. The van der Waals surface area contributed by atoms with Crippen molar-refractivity contribution in [3.8, 4) is 22.5 Å². The Balaban J connectivity index is 1.93. The molecule has 4 rings (SSSR count). The van der Waals surface area contributed by atoms with Gasteiger partial charge in [0.2, 0.25) is 5.28 Å². The van der Waals surface area contributed by atoms with Crippen LogP contribution in [0, 0.1) is 6.92 Å². The second kappa shape index (κ2) is 5.48. The van der Waals surface area contributed by atoms with Crippen LogP contribution in [-0.4, -0.2) is 19.4 Å². The lowest BCUT2D eigenvalue weighted by atomic mass is 10.1. The van der Waals surface area contributed by atoms with Gasteiger partial charge in [-0.3, -0.25) is 4.40 Å². The first-order chi connectivity index (χ1) is 11.2. The lowest BCUT2D eigenvalue weighted by molar-refractivity contribution is 1.10. The zero-order chi connectivity index (χ0) is 15.8. The Bertz CT molecular complexity index is 993. The molecule has 0 saturated heterocycles. The molecule has 0 aliphatic rings. The first-order valence-electron chi connectivity index (χ1n) is 7.24. The summed E-state index contributed by atoms with van der Waals surface area (Å²) in [6.45, 7) is 1.96. The molecule has 0 aliphatic carbocycles. The summed E-state index contributed by atoms with van der Waals surface area (Å²) in [4.78, 5) is 12.8. The van der Waals surface area contributed by atoms with Crippen LogP contribution < -0.4 is 0 Å². The quantitative estimate of drug-likeness (QED) is 0.513. The fourth-order valence-corrected chi connectivity index (χ4v) is 2.77. The van der Waals surface area contributed by atoms with Gasteiger partial charge in [0, 0.05) is 12.4 Å². The van der Waals surface area contributed by atoms with Crippen molar-refractivity contribution in [2.75, 3.05) is 0 Å². The highest BCUT2D eigenvalue weighted by Crippen LogP contribution is 2.26. The van der Waals surface area contributed by atoms with E-state index in [1.165, 1.54) is 0 Å². The number of hydrogen-bond donors (Lipinski definition) is 0. The number of benzene rings is 1. The molecule has 0 amide bonds. The van der Waals surface area contributed by atoms with E-state index in [9.17, 15) is 0 Å². The Morgan fingerprint density at radius 3 is 2.57 bits per heavy atom. The van der Waals surface area contributed by atoms with Crippen molar-refractivity contribution in [1.29, 1.82) is 0 Å². The van der Waals surface area contributed by atoms with Crippen molar-refractivity contribution < 1.29 is 0 Å². The molecule has 0 bridgehead atoms. The maximum absolute atomic E-state index is 5.96. The molecule has 0 aliphatic heterocycles. The summed E-state index contributed by atoms with van der Waals surface area (Å²) in [5.74, 6) is 0. The van der Waals surface area contributed by atoms with Gasteiger partial charge in [-0.15, -0.1) is 0 Å². The fraction of sp³-hybridized carbons (Fsp3) is 0.0556. The van der Waals surface area contributed by atoms with E-state index >= 15 is 0 Å². The molecule has 0 unspecified atom stereocenters. The van der Waals surface area contributed by atoms with Gasteiger partial charge in [-0.25, -0.2) is 15.0 Å². The van der Waals surface area contributed by atoms with Crippen LogP contribution in [0.4, 0.5) is 0 Å². The molecule has 1 aromatic carbocycles. The summed E-state index contributed by atoms with van der Waals surface area (Å²) in [6, 6.07) is 14.3. The van der Waals surface area contributed by atoms with E-state index in [2.05, 4.69) is 39.3 Å². The summed E-state index contributed by atoms with van der Waals surface area (Å²) >= 11 is 5.96. The SMILES string of the molecule is Cc1cnc(Cl)nc1-c1cnc2ccc(-c3ccccc3)cn12. The zero-order valence-electron chi connectivity index (χ0n) is 12.4. The fourth-order valence-electron chi connectivity index (χ4n) is 2.64. The van der Waals surface area contributed by atoms with Gasteiger partial charge in [-0.1, -0.05) is 30.3 Å². The summed E-state index contributed by atoms with van der Waals surface area (Å²) in [5.41, 5.74) is 5.80. The van der Waals surface area contributed by atoms with Crippen LogP contribution in [0.5, 0.6) is 0 Å². The van der Waals surface area contributed by atoms with E-state index in [-0.39, 0.29) is 5.28 Å². The Morgan fingerprint density at radius 1 is 0.913 bits per heavy atom. The number of halogens is 1. The highest BCUT2D eigenvalue weighted by Gasteiger charge is 2.12. The van der Waals surface area contributed by atoms with Crippen LogP contribution >= 0.6 is 11.6 Å². The Morgan fingerprint density at radius 2 is 1.74 bits per heavy atom. The molecule has 0 fully saturated rings. The van der Waals surface area contributed by atoms with Crippen molar-refractivity contribution in [3.63, 3.8) is 0 Å². The number of fused-ring (bicyclic) bond motifs is 1. The van der Waals surface area contributed by atoms with Crippen LogP contribution in [-0.2, 0) is 0 Å². The molecular formula is C18H13ClN4. The van der Waals surface area contributed by atoms with E-state index in [0.717, 1.165) is 33.7 Å². The molecule has 4 aromatic rings. The molecule has 3 aromatic heterocycles. The minimum absolute atomic E-state index is 0.236. The van der Waals surface area contributed by atoms with Gasteiger partial charge < -0.3 is 0 Å². The standard InChI is InChI=1S/C18H13ClN4/c1-12-9-21-18(19)22-17(12)15-10-20-16-8-7-14(11-23(15)16)13-5-3-2-4-6-13/h2-11H,1H3. The molecule has 23 heavy (non-hydrogen) atoms. The predicted molar refractivity (Wildman–Crippen MR) is 91.4 cm³/mol. The first kappa shape index (κ1) is 13.9. The molecular weight excluding hydrogens is 308 g/mol. The molecule has 0 radical (unpaired) electrons. The average molecular weight is 321 g/mol. The first-order valence-corrected chi connectivity index (χ1v) is 7.62. The molecule has 0 spiro atoms. The maximum atomic E-state index is 5.96. The number of imidazole rings is 1. The van der Waals surface area contributed by atoms with Crippen molar-refractivity contribution in [2.24, 2.45) is 0 Å². The highest BCUT2D eigenvalue weighted by atomic mass is 35.5. The number of rotatable bonds is 2. The monoisotopic (exact) mass is 320 g/mol. The predicted octanol–water partition coefficient (Wildman–Crippen LogP) is 4.42. The van der Waals surface area contributed by atoms with Crippen LogP contribution in [0.2, 0.25) is 5.28 Å². The van der Waals surface area contributed by atoms with E-state index < -0.39 is 0 Å². The zero-order valence-corrected chi connectivity index (χ0v) is 13.2. The van der Waals surface area contributed by atoms with Crippen molar-refractivity contribution in [1.82, 2.24) is 19.4 Å². The Labute approximate surface area is 138 Å². The second-order valence-electron chi connectivity index (χ2n) is 5.33. The molecule has 0 atom stereocenters. The lowest BCUT2D eigenvalue weighted by Crippen LogP contribution is -1.96. The third kappa shape index (κ3) is 2.47. The van der Waals surface area contributed by atoms with Crippen LogP contribution in [0.1, 0.15) is 5.56 Å². The van der Waals surface area contributed by atoms with Crippen molar-refractivity contribution in [3.05, 3.63) is 71.9 Å². The lowest BCUT2D eigenvalue weighted by Gasteiger charge is -2.07. The van der Waals surface area contributed by atoms with Gasteiger partial charge in [0.1, 0.15) is 5.65 Å². The van der Waals surface area contributed by atoms with Gasteiger partial charge in [0.15, 0.2) is 0 Å². The third-order valence-electron chi connectivity index (χ3n) is 3.80. The minimum atomic E-state index is 0.236. The molecule has 0 N–H and O–H groups in total. The number of aromatic nitrogens is 4. The van der Waals surface area contributed by atoms with E-state index in [1.807, 2.05) is 41.8 Å². The Kier molecular flexibility index (Phi) is 3.32. The number of pyridine rings is 1. The molecule has 3 heterocycles. The van der Waals surface area contributed by atoms with Crippen LogP contribution in [0.25, 0.3) is 28.2 Å². The summed E-state index contributed by atoms with van der Waals surface area (Å²) in [5, 5.41) is 0.236. The third-order valence-corrected chi connectivity index (χ3v) is 3.98. The summed E-state index contributed by atoms with van der Waals surface area (Å²) < 4.78 is 2.04. The maximum Gasteiger partial charge on any atom is 0.222 e. The number of nitrogens with zero attached hydrogens (tertiary/aromatic N) is 4. The number of aryl methyl sites for hydroxylation is 1. The molecule has 0 saturated carbocycles. The van der Waals surface area contributed by atoms with Crippen molar-refractivity contribution in [2.45, 2.75) is 6.92 Å². The van der Waals surface area contributed by atoms with Crippen molar-refractivity contribution >= 4 is 17.2 Å². The summed E-state index contributed by atoms with van der Waals surface area (Å²) in [6.07, 6.45) is 5.61. The molecule has 112 valence electrons. The van der Waals surface area contributed by atoms with Gasteiger partial charge in [0.25, 0.3) is 0 Å². The van der Waals surface area contributed by atoms with Crippen LogP contribution in [0.3, 0.4) is 0 Å². The average Bonchev–Trinajstić information content (AvgIpc) is 3.01. The van der Waals surface area contributed by atoms with Crippen LogP contribution in [0.15, 0.2) is 61.1 Å². The Hall–Kier alpha value is -2.72. The largest absolute Gasteiger partial charge is 0.298 e. The molecule has 4 nitrogen and oxygen atoms in total. The topological polar surface area (TPSA) is 43.1 Å². The molecule has 5 heteroatoms. The van der Waals surface area contributed by atoms with Gasteiger partial charge in [-0.05, 0) is 47.3 Å². The smallest absolute Gasteiger partial charge is 0.222 e. The number of hydrogen-bond acceptors (Lipinski definition) is 3. The second-order valence-corrected chi connectivity index (χ2v) is 5.66. The van der Waals surface area contributed by atoms with Gasteiger partial charge >= 0.3 is 0 Å². The van der Waals surface area contributed by atoms with E-state index in [1.54, 1.807) is 6.20 Å².